The quantitative estimate of drug-likeness (QED) is 0.781. The number of hydrogen-bond donors (Lipinski definition) is 2. The van der Waals surface area contributed by atoms with Crippen molar-refractivity contribution in [2.24, 2.45) is 7.05 Å². The lowest BCUT2D eigenvalue weighted by molar-refractivity contribution is -0.125. The Kier molecular flexibility index (Phi) is 4.58. The predicted octanol–water partition coefficient (Wildman–Crippen LogP) is 1.07. The molecule has 1 amide bonds. The minimum atomic E-state index is -0.566. The molecule has 1 rings (SSSR count). The van der Waals surface area contributed by atoms with E-state index < -0.39 is 5.97 Å². The Balaban J connectivity index is 2.51. The maximum atomic E-state index is 11.7. The van der Waals surface area contributed by atoms with E-state index >= 15 is 0 Å². The SMILES string of the molecule is CCC(C)(C)NC(=O)COC(=O)c1cc(N)cn1C. The number of aromatic nitrogens is 1. The first kappa shape index (κ1) is 15.1. The van der Waals surface area contributed by atoms with Crippen LogP contribution in [-0.4, -0.2) is 28.6 Å². The van der Waals surface area contributed by atoms with Crippen molar-refractivity contribution in [3.05, 3.63) is 18.0 Å². The van der Waals surface area contributed by atoms with Gasteiger partial charge in [-0.25, -0.2) is 4.79 Å². The highest BCUT2D eigenvalue weighted by molar-refractivity contribution is 5.91. The normalized spacial score (nSPS) is 11.2. The lowest BCUT2D eigenvalue weighted by Gasteiger charge is -2.24. The van der Waals surface area contributed by atoms with E-state index in [9.17, 15) is 9.59 Å². The van der Waals surface area contributed by atoms with Crippen molar-refractivity contribution in [3.63, 3.8) is 0 Å². The second kappa shape index (κ2) is 5.77. The maximum Gasteiger partial charge on any atom is 0.355 e. The Hall–Kier alpha value is -1.98. The maximum absolute atomic E-state index is 11.7. The molecule has 0 spiro atoms. The Bertz CT molecular complexity index is 477. The Morgan fingerprint density at radius 1 is 1.47 bits per heavy atom. The molecule has 0 saturated heterocycles. The number of aryl methyl sites for hydroxylation is 1. The first-order valence-electron chi connectivity index (χ1n) is 6.15. The molecule has 0 aliphatic heterocycles. The molecule has 6 nitrogen and oxygen atoms in total. The van der Waals surface area contributed by atoms with Gasteiger partial charge in [0.25, 0.3) is 5.91 Å². The minimum Gasteiger partial charge on any atom is -0.451 e. The Morgan fingerprint density at radius 2 is 2.11 bits per heavy atom. The van der Waals surface area contributed by atoms with Gasteiger partial charge in [-0.05, 0) is 26.3 Å². The predicted molar refractivity (Wildman–Crippen MR) is 72.6 cm³/mol. The highest BCUT2D eigenvalue weighted by Gasteiger charge is 2.19. The van der Waals surface area contributed by atoms with Crippen molar-refractivity contribution >= 4 is 17.6 Å². The van der Waals surface area contributed by atoms with Gasteiger partial charge in [0.05, 0.1) is 5.69 Å². The van der Waals surface area contributed by atoms with Crippen LogP contribution in [0.4, 0.5) is 5.69 Å². The smallest absolute Gasteiger partial charge is 0.355 e. The monoisotopic (exact) mass is 267 g/mol. The molecule has 0 bridgehead atoms. The van der Waals surface area contributed by atoms with Crippen LogP contribution >= 0.6 is 0 Å². The van der Waals surface area contributed by atoms with Crippen molar-refractivity contribution in [1.29, 1.82) is 0 Å². The molecule has 0 unspecified atom stereocenters. The van der Waals surface area contributed by atoms with Gasteiger partial charge in [-0.15, -0.1) is 0 Å². The van der Waals surface area contributed by atoms with Crippen molar-refractivity contribution in [1.82, 2.24) is 9.88 Å². The fourth-order valence-corrected chi connectivity index (χ4v) is 1.50. The number of hydrogen-bond acceptors (Lipinski definition) is 4. The van der Waals surface area contributed by atoms with Crippen molar-refractivity contribution in [2.75, 3.05) is 12.3 Å². The number of carbonyl (C=O) groups excluding carboxylic acids is 2. The molecular weight excluding hydrogens is 246 g/mol. The summed E-state index contributed by atoms with van der Waals surface area (Å²) in [7, 11) is 1.69. The summed E-state index contributed by atoms with van der Waals surface area (Å²) in [6.45, 7) is 5.49. The summed E-state index contributed by atoms with van der Waals surface area (Å²) >= 11 is 0. The standard InChI is InChI=1S/C13H21N3O3/c1-5-13(2,3)15-11(17)8-19-12(18)10-6-9(14)7-16(10)4/h6-7H,5,8,14H2,1-4H3,(H,15,17). The van der Waals surface area contributed by atoms with E-state index in [1.807, 2.05) is 20.8 Å². The summed E-state index contributed by atoms with van der Waals surface area (Å²) in [6.07, 6.45) is 2.40. The molecule has 0 radical (unpaired) electrons. The van der Waals surface area contributed by atoms with Gasteiger partial charge in [0.1, 0.15) is 5.69 Å². The molecule has 3 N–H and O–H groups in total. The number of rotatable bonds is 5. The molecule has 0 aliphatic rings. The summed E-state index contributed by atoms with van der Waals surface area (Å²) in [5.74, 6) is -0.883. The van der Waals surface area contributed by atoms with Crippen LogP contribution in [0.25, 0.3) is 0 Å². The highest BCUT2D eigenvalue weighted by Crippen LogP contribution is 2.10. The van der Waals surface area contributed by atoms with Crippen LogP contribution in [0.2, 0.25) is 0 Å². The van der Waals surface area contributed by atoms with Crippen molar-refractivity contribution < 1.29 is 14.3 Å². The largest absolute Gasteiger partial charge is 0.451 e. The van der Waals surface area contributed by atoms with E-state index in [0.29, 0.717) is 11.4 Å². The van der Waals surface area contributed by atoms with E-state index in [-0.39, 0.29) is 18.1 Å². The van der Waals surface area contributed by atoms with Crippen LogP contribution in [0, 0.1) is 0 Å². The van der Waals surface area contributed by atoms with Gasteiger partial charge >= 0.3 is 5.97 Å². The van der Waals surface area contributed by atoms with Crippen LogP contribution in [0.3, 0.4) is 0 Å². The molecule has 0 aromatic carbocycles. The fourth-order valence-electron chi connectivity index (χ4n) is 1.50. The second-order valence-corrected chi connectivity index (χ2v) is 5.13. The number of carbonyl (C=O) groups is 2. The van der Waals surface area contributed by atoms with Gasteiger partial charge in [0.2, 0.25) is 0 Å². The van der Waals surface area contributed by atoms with Gasteiger partial charge in [0, 0.05) is 18.8 Å². The summed E-state index contributed by atoms with van der Waals surface area (Å²) in [5, 5.41) is 2.78. The molecule has 106 valence electrons. The van der Waals surface area contributed by atoms with Gasteiger partial charge in [-0.1, -0.05) is 6.92 Å². The van der Waals surface area contributed by atoms with E-state index in [1.165, 1.54) is 6.07 Å². The third-order valence-electron chi connectivity index (χ3n) is 2.93. The molecule has 1 aromatic rings. The van der Waals surface area contributed by atoms with E-state index in [0.717, 1.165) is 6.42 Å². The Labute approximate surface area is 112 Å². The topological polar surface area (TPSA) is 86.3 Å². The van der Waals surface area contributed by atoms with Crippen molar-refractivity contribution in [3.8, 4) is 0 Å². The first-order valence-corrected chi connectivity index (χ1v) is 6.15. The summed E-state index contributed by atoms with van der Waals surface area (Å²) < 4.78 is 6.51. The zero-order chi connectivity index (χ0) is 14.6. The zero-order valence-electron chi connectivity index (χ0n) is 11.8. The fraction of sp³-hybridized carbons (Fsp3) is 0.538. The number of nitrogen functional groups attached to an aromatic ring is 1. The van der Waals surface area contributed by atoms with Crippen molar-refractivity contribution in [2.45, 2.75) is 32.7 Å². The first-order chi connectivity index (χ1) is 8.75. The minimum absolute atomic E-state index is 0.298. The number of nitrogens with one attached hydrogen (secondary N) is 1. The number of ether oxygens (including phenoxy) is 1. The summed E-state index contributed by atoms with van der Waals surface area (Å²) in [4.78, 5) is 23.4. The number of anilines is 1. The van der Waals surface area contributed by atoms with E-state index in [2.05, 4.69) is 5.32 Å². The van der Waals surface area contributed by atoms with Crippen LogP contribution in [0.5, 0.6) is 0 Å². The van der Waals surface area contributed by atoms with E-state index in [4.69, 9.17) is 10.5 Å². The molecule has 1 aromatic heterocycles. The van der Waals surface area contributed by atoms with Crippen LogP contribution < -0.4 is 11.1 Å². The molecule has 6 heteroatoms. The molecular formula is C13H21N3O3. The van der Waals surface area contributed by atoms with Crippen LogP contribution in [-0.2, 0) is 16.6 Å². The molecule has 0 fully saturated rings. The number of amides is 1. The third kappa shape index (κ3) is 4.31. The Morgan fingerprint density at radius 3 is 2.58 bits per heavy atom. The summed E-state index contributed by atoms with van der Waals surface area (Å²) in [5.41, 5.74) is 6.06. The van der Waals surface area contributed by atoms with Gasteiger partial charge in [0.15, 0.2) is 6.61 Å². The highest BCUT2D eigenvalue weighted by atomic mass is 16.5. The lowest BCUT2D eigenvalue weighted by Crippen LogP contribution is -2.44. The second-order valence-electron chi connectivity index (χ2n) is 5.13. The number of esters is 1. The average molecular weight is 267 g/mol. The molecule has 0 atom stereocenters. The van der Waals surface area contributed by atoms with E-state index in [1.54, 1.807) is 17.8 Å². The average Bonchev–Trinajstić information content (AvgIpc) is 2.65. The summed E-state index contributed by atoms with van der Waals surface area (Å²) in [6, 6.07) is 1.51. The zero-order valence-corrected chi connectivity index (χ0v) is 11.8. The van der Waals surface area contributed by atoms with Gasteiger partial charge in [-0.2, -0.15) is 0 Å². The van der Waals surface area contributed by atoms with Crippen LogP contribution in [0.15, 0.2) is 12.3 Å². The molecule has 1 heterocycles. The lowest BCUT2D eigenvalue weighted by atomic mass is 10.0. The number of nitrogens with zero attached hydrogens (tertiary/aromatic N) is 1. The van der Waals surface area contributed by atoms with Crippen LogP contribution in [0.1, 0.15) is 37.7 Å². The molecule has 0 saturated carbocycles. The molecule has 0 aliphatic carbocycles. The third-order valence-corrected chi connectivity index (χ3v) is 2.93. The van der Waals surface area contributed by atoms with Gasteiger partial charge < -0.3 is 20.4 Å². The van der Waals surface area contributed by atoms with Gasteiger partial charge in [-0.3, -0.25) is 4.79 Å². The molecule has 19 heavy (non-hydrogen) atoms. The number of nitrogens with two attached hydrogens (primary N) is 1.